The van der Waals surface area contributed by atoms with E-state index in [9.17, 15) is 8.42 Å². The Labute approximate surface area is 115 Å². The summed E-state index contributed by atoms with van der Waals surface area (Å²) in [7, 11) is -3.67. The third-order valence-corrected chi connectivity index (χ3v) is 4.93. The molecule has 1 aromatic rings. The van der Waals surface area contributed by atoms with E-state index in [2.05, 4.69) is 12.2 Å². The number of rotatable bonds is 4. The van der Waals surface area contributed by atoms with E-state index in [0.29, 0.717) is 5.69 Å². The molecular weight excluding hydrogens is 260 g/mol. The molecule has 0 radical (unpaired) electrons. The highest BCUT2D eigenvalue weighted by Crippen LogP contribution is 2.36. The van der Waals surface area contributed by atoms with E-state index in [1.807, 2.05) is 6.07 Å². The molecule has 19 heavy (non-hydrogen) atoms. The second-order valence-corrected chi connectivity index (χ2v) is 7.30. The van der Waals surface area contributed by atoms with E-state index in [-0.39, 0.29) is 10.3 Å². The van der Waals surface area contributed by atoms with Gasteiger partial charge in [0, 0.05) is 6.54 Å². The summed E-state index contributed by atoms with van der Waals surface area (Å²) >= 11 is 0. The minimum absolute atomic E-state index is 0.175. The maximum Gasteiger partial charge on any atom is 0.240 e. The van der Waals surface area contributed by atoms with Crippen molar-refractivity contribution in [3.63, 3.8) is 0 Å². The highest BCUT2D eigenvalue weighted by molar-refractivity contribution is 7.89. The highest BCUT2D eigenvalue weighted by Gasteiger charge is 2.27. The first-order valence-electron chi connectivity index (χ1n) is 6.76. The van der Waals surface area contributed by atoms with E-state index < -0.39 is 10.0 Å². The Hall–Kier alpha value is -1.07. The SMILES string of the molecule is CC1(CNc2ccccc2S(N)(=O)=O)CCCCC1. The quantitative estimate of drug-likeness (QED) is 0.892. The Bertz CT molecular complexity index is 534. The molecule has 0 aromatic heterocycles. The minimum Gasteiger partial charge on any atom is -0.383 e. The van der Waals surface area contributed by atoms with Gasteiger partial charge in [0.1, 0.15) is 4.90 Å². The van der Waals surface area contributed by atoms with Crippen LogP contribution < -0.4 is 10.5 Å². The molecule has 0 aliphatic heterocycles. The van der Waals surface area contributed by atoms with Crippen molar-refractivity contribution in [1.82, 2.24) is 0 Å². The van der Waals surface area contributed by atoms with Crippen LogP contribution in [-0.4, -0.2) is 15.0 Å². The van der Waals surface area contributed by atoms with Gasteiger partial charge in [0.2, 0.25) is 10.0 Å². The number of para-hydroxylation sites is 1. The third-order valence-electron chi connectivity index (χ3n) is 3.96. The van der Waals surface area contributed by atoms with Crippen LogP contribution >= 0.6 is 0 Å². The predicted octanol–water partition coefficient (Wildman–Crippen LogP) is 2.72. The minimum atomic E-state index is -3.67. The third kappa shape index (κ3) is 3.70. The molecule has 1 aliphatic carbocycles. The van der Waals surface area contributed by atoms with Crippen LogP contribution in [-0.2, 0) is 10.0 Å². The summed E-state index contributed by atoms with van der Waals surface area (Å²) in [6.07, 6.45) is 6.21. The molecule has 3 N–H and O–H groups in total. The summed E-state index contributed by atoms with van der Waals surface area (Å²) in [5.41, 5.74) is 0.862. The first-order chi connectivity index (χ1) is 8.91. The fourth-order valence-electron chi connectivity index (χ4n) is 2.75. The number of nitrogens with one attached hydrogen (secondary N) is 1. The van der Waals surface area contributed by atoms with Crippen molar-refractivity contribution in [2.24, 2.45) is 10.6 Å². The highest BCUT2D eigenvalue weighted by atomic mass is 32.2. The number of anilines is 1. The molecule has 0 unspecified atom stereocenters. The number of sulfonamides is 1. The summed E-state index contributed by atoms with van der Waals surface area (Å²) in [4.78, 5) is 0.175. The van der Waals surface area contributed by atoms with Crippen molar-refractivity contribution in [3.05, 3.63) is 24.3 Å². The zero-order valence-electron chi connectivity index (χ0n) is 11.4. The van der Waals surface area contributed by atoms with E-state index >= 15 is 0 Å². The molecule has 0 atom stereocenters. The van der Waals surface area contributed by atoms with E-state index in [0.717, 1.165) is 6.54 Å². The fraction of sp³-hybridized carbons (Fsp3) is 0.571. The largest absolute Gasteiger partial charge is 0.383 e. The topological polar surface area (TPSA) is 72.2 Å². The van der Waals surface area contributed by atoms with Crippen molar-refractivity contribution < 1.29 is 8.42 Å². The number of benzene rings is 1. The van der Waals surface area contributed by atoms with Gasteiger partial charge in [-0.2, -0.15) is 0 Å². The molecule has 0 amide bonds. The standard InChI is InChI=1S/C14H22N2O2S/c1-14(9-5-2-6-10-14)11-16-12-7-3-4-8-13(12)19(15,17)18/h3-4,7-8,16H,2,5-6,9-11H2,1H3,(H2,15,17,18). The van der Waals surface area contributed by atoms with Crippen LogP contribution in [0.1, 0.15) is 39.0 Å². The Morgan fingerprint density at radius 2 is 1.84 bits per heavy atom. The Kier molecular flexibility index (Phi) is 4.16. The van der Waals surface area contributed by atoms with Crippen LogP contribution in [0, 0.1) is 5.41 Å². The maximum absolute atomic E-state index is 11.5. The van der Waals surface area contributed by atoms with Gasteiger partial charge in [-0.3, -0.25) is 0 Å². The Morgan fingerprint density at radius 1 is 1.21 bits per heavy atom. The van der Waals surface area contributed by atoms with Crippen LogP contribution in [0.25, 0.3) is 0 Å². The zero-order chi connectivity index (χ0) is 13.9. The molecule has 5 heteroatoms. The molecule has 0 bridgehead atoms. The number of nitrogens with two attached hydrogens (primary N) is 1. The van der Waals surface area contributed by atoms with Crippen molar-refractivity contribution >= 4 is 15.7 Å². The predicted molar refractivity (Wildman–Crippen MR) is 77.5 cm³/mol. The lowest BCUT2D eigenvalue weighted by molar-refractivity contribution is 0.233. The average molecular weight is 282 g/mol. The van der Waals surface area contributed by atoms with Crippen LogP contribution in [0.4, 0.5) is 5.69 Å². The second-order valence-electron chi connectivity index (χ2n) is 5.77. The molecule has 1 aliphatic rings. The van der Waals surface area contributed by atoms with Gasteiger partial charge in [-0.1, -0.05) is 38.3 Å². The molecule has 0 heterocycles. The number of hydrogen-bond donors (Lipinski definition) is 2. The molecule has 1 fully saturated rings. The average Bonchev–Trinajstić information content (AvgIpc) is 2.37. The van der Waals surface area contributed by atoms with Crippen molar-refractivity contribution in [3.8, 4) is 0 Å². The van der Waals surface area contributed by atoms with Crippen LogP contribution in [0.2, 0.25) is 0 Å². The van der Waals surface area contributed by atoms with Gasteiger partial charge in [-0.05, 0) is 30.4 Å². The van der Waals surface area contributed by atoms with Gasteiger partial charge in [-0.15, -0.1) is 0 Å². The van der Waals surface area contributed by atoms with Gasteiger partial charge in [0.05, 0.1) is 5.69 Å². The lowest BCUT2D eigenvalue weighted by atomic mass is 9.76. The van der Waals surface area contributed by atoms with Crippen LogP contribution in [0.15, 0.2) is 29.2 Å². The fourth-order valence-corrected chi connectivity index (χ4v) is 3.47. The first kappa shape index (κ1) is 14.3. The molecule has 2 rings (SSSR count). The number of primary sulfonamides is 1. The summed E-state index contributed by atoms with van der Waals surface area (Å²) < 4.78 is 23.0. The van der Waals surface area contributed by atoms with Crippen molar-refractivity contribution in [2.45, 2.75) is 43.9 Å². The normalized spacial score (nSPS) is 19.1. The molecule has 106 valence electrons. The van der Waals surface area contributed by atoms with Crippen LogP contribution in [0.5, 0.6) is 0 Å². The Balaban J connectivity index is 2.12. The van der Waals surface area contributed by atoms with E-state index in [4.69, 9.17) is 5.14 Å². The molecule has 4 nitrogen and oxygen atoms in total. The van der Waals surface area contributed by atoms with Gasteiger partial charge in [0.25, 0.3) is 0 Å². The molecule has 0 spiro atoms. The van der Waals surface area contributed by atoms with Crippen molar-refractivity contribution in [1.29, 1.82) is 0 Å². The van der Waals surface area contributed by atoms with Gasteiger partial charge in [-0.25, -0.2) is 13.6 Å². The summed E-state index contributed by atoms with van der Waals surface area (Å²) in [6.45, 7) is 3.05. The number of hydrogen-bond acceptors (Lipinski definition) is 3. The van der Waals surface area contributed by atoms with Gasteiger partial charge in [0.15, 0.2) is 0 Å². The summed E-state index contributed by atoms with van der Waals surface area (Å²) in [5.74, 6) is 0. The molecular formula is C14H22N2O2S. The first-order valence-corrected chi connectivity index (χ1v) is 8.31. The maximum atomic E-state index is 11.5. The summed E-state index contributed by atoms with van der Waals surface area (Å²) in [5, 5.41) is 8.50. The molecule has 1 saturated carbocycles. The van der Waals surface area contributed by atoms with Crippen molar-refractivity contribution in [2.75, 3.05) is 11.9 Å². The zero-order valence-corrected chi connectivity index (χ0v) is 12.2. The monoisotopic (exact) mass is 282 g/mol. The summed E-state index contributed by atoms with van der Waals surface area (Å²) in [6, 6.07) is 6.82. The van der Waals surface area contributed by atoms with E-state index in [1.165, 1.54) is 32.1 Å². The lowest BCUT2D eigenvalue weighted by Crippen LogP contribution is -2.29. The van der Waals surface area contributed by atoms with Crippen LogP contribution in [0.3, 0.4) is 0 Å². The molecule has 1 aromatic carbocycles. The van der Waals surface area contributed by atoms with E-state index in [1.54, 1.807) is 18.2 Å². The van der Waals surface area contributed by atoms with Gasteiger partial charge >= 0.3 is 0 Å². The smallest absolute Gasteiger partial charge is 0.240 e. The second kappa shape index (κ2) is 5.51. The lowest BCUT2D eigenvalue weighted by Gasteiger charge is -2.34. The Morgan fingerprint density at radius 3 is 2.47 bits per heavy atom. The molecule has 0 saturated heterocycles. The van der Waals surface area contributed by atoms with Gasteiger partial charge < -0.3 is 5.32 Å².